The van der Waals surface area contributed by atoms with Crippen LogP contribution < -0.4 is 40.4 Å². The van der Waals surface area contributed by atoms with E-state index in [2.05, 4.69) is 9.98 Å². The van der Waals surface area contributed by atoms with Crippen LogP contribution in [0.5, 0.6) is 0 Å². The molecule has 1 aromatic rings. The first-order chi connectivity index (χ1) is 12.4. The first-order valence-corrected chi connectivity index (χ1v) is 9.91. The fraction of sp³-hybridized carbons (Fsp3) is 0.375. The standard InChI is InChI=1S/C16H18N4O4S2.Na/c1-2-3-4-8(9-7-26-16(17)18-9)12(21)19-11-13(22)20-10(15(23)24)5-6-25-14(11)20;/h4-5,7,11,14H,2-3,6H2,1H3,(H2,17,18)(H,19,21)(H,23,24);/q;+1/p-1/b8-4-;/t11-,14-;/m1./s1. The van der Waals surface area contributed by atoms with Crippen LogP contribution in [0.1, 0.15) is 25.5 Å². The van der Waals surface area contributed by atoms with Gasteiger partial charge < -0.3 is 15.9 Å². The van der Waals surface area contributed by atoms with E-state index in [4.69, 9.17) is 5.73 Å². The van der Waals surface area contributed by atoms with Crippen LogP contribution in [-0.2, 0) is 9.59 Å². The number of rotatable bonds is 6. The van der Waals surface area contributed by atoms with E-state index >= 15 is 0 Å². The van der Waals surface area contributed by atoms with Gasteiger partial charge in [-0.2, -0.15) is 0 Å². The second-order valence-electron chi connectivity index (χ2n) is 5.68. The van der Waals surface area contributed by atoms with Crippen molar-refractivity contribution >= 4 is 51.6 Å². The summed E-state index contributed by atoms with van der Waals surface area (Å²) in [5.74, 6) is -1.71. The van der Waals surface area contributed by atoms with Crippen molar-refractivity contribution in [2.24, 2.45) is 4.99 Å². The smallest absolute Gasteiger partial charge is 0.858 e. The van der Waals surface area contributed by atoms with Gasteiger partial charge in [-0.25, -0.2) is 9.78 Å². The van der Waals surface area contributed by atoms with E-state index < -0.39 is 29.2 Å². The Labute approximate surface area is 186 Å². The van der Waals surface area contributed by atoms with Crippen LogP contribution in [0.25, 0.3) is 5.57 Å². The number of fused-ring (bicyclic) bond motifs is 1. The maximum absolute atomic E-state index is 12.7. The Balaban J connectivity index is 0.00000261. The minimum absolute atomic E-state index is 0. The van der Waals surface area contributed by atoms with Crippen molar-refractivity contribution in [1.82, 2.24) is 9.88 Å². The fourth-order valence-electron chi connectivity index (χ4n) is 2.70. The molecular formula is C16H17N4NaO4S2. The minimum atomic E-state index is -1.16. The Kier molecular flexibility index (Phi) is 7.52. The Morgan fingerprint density at radius 2 is 2.33 bits per heavy atom. The summed E-state index contributed by atoms with van der Waals surface area (Å²) in [7, 11) is 0. The first kappa shape index (κ1) is 22.0. The topological polar surface area (TPSA) is 132 Å². The molecule has 0 radical (unpaired) electrons. The number of aliphatic carboxylic acids is 1. The molecule has 2 atom stereocenters. The van der Waals surface area contributed by atoms with Gasteiger partial charge in [0.15, 0.2) is 11.2 Å². The van der Waals surface area contributed by atoms with E-state index in [0.717, 1.165) is 6.42 Å². The van der Waals surface area contributed by atoms with Crippen LogP contribution in [0.2, 0.25) is 0 Å². The summed E-state index contributed by atoms with van der Waals surface area (Å²) >= 11 is 2.61. The quantitative estimate of drug-likeness (QED) is 0.236. The maximum atomic E-state index is 12.7. The summed E-state index contributed by atoms with van der Waals surface area (Å²) < 4.78 is 0. The van der Waals surface area contributed by atoms with E-state index in [9.17, 15) is 19.8 Å². The van der Waals surface area contributed by atoms with Gasteiger partial charge in [0.1, 0.15) is 11.1 Å². The molecule has 3 rings (SSSR count). The third-order valence-corrected chi connectivity index (χ3v) is 5.80. The van der Waals surface area contributed by atoms with E-state index in [1.807, 2.05) is 6.92 Å². The van der Waals surface area contributed by atoms with Gasteiger partial charge in [-0.05, 0) is 18.4 Å². The van der Waals surface area contributed by atoms with Crippen LogP contribution in [0, 0.1) is 0 Å². The van der Waals surface area contributed by atoms with Crippen LogP contribution in [0.15, 0.2) is 28.2 Å². The van der Waals surface area contributed by atoms with Gasteiger partial charge in [-0.1, -0.05) is 19.4 Å². The SMILES string of the molecule is CCC/C=C(\C([O-])=N[C@@H]1C(=O)N2C(C(=O)O)=CCS[C@H]12)c1csc(N)n1.[Na+]. The van der Waals surface area contributed by atoms with Gasteiger partial charge in [0.25, 0.3) is 5.91 Å². The van der Waals surface area contributed by atoms with Gasteiger partial charge in [0.05, 0.1) is 5.69 Å². The van der Waals surface area contributed by atoms with E-state index in [1.54, 1.807) is 11.5 Å². The number of nitrogens with zero attached hydrogens (tertiary/aromatic N) is 3. The number of thiazole rings is 1. The molecule has 8 nitrogen and oxygen atoms in total. The van der Waals surface area contributed by atoms with Crippen LogP contribution in [0.4, 0.5) is 5.13 Å². The largest absolute Gasteiger partial charge is 1.00 e. The maximum Gasteiger partial charge on any atom is 1.00 e. The number of thioether (sulfide) groups is 1. The number of allylic oxidation sites excluding steroid dienone is 1. The molecule has 0 saturated carbocycles. The van der Waals surface area contributed by atoms with E-state index in [1.165, 1.54) is 34.1 Å². The summed E-state index contributed by atoms with van der Waals surface area (Å²) in [6.07, 6.45) is 4.75. The second-order valence-corrected chi connectivity index (χ2v) is 7.72. The third kappa shape index (κ3) is 4.40. The number of unbranched alkanes of at least 4 members (excludes halogenated alkanes) is 1. The predicted octanol–water partition coefficient (Wildman–Crippen LogP) is -2.08. The zero-order valence-corrected chi connectivity index (χ0v) is 18.5. The number of hydrogen-bond acceptors (Lipinski definition) is 8. The molecule has 0 bridgehead atoms. The van der Waals surface area contributed by atoms with Gasteiger partial charge in [-0.15, -0.1) is 23.1 Å². The fourth-order valence-corrected chi connectivity index (χ4v) is 4.44. The Bertz CT molecular complexity index is 836. The number of carboxylic acids is 1. The minimum Gasteiger partial charge on any atom is -0.858 e. The summed E-state index contributed by atoms with van der Waals surface area (Å²) in [5.41, 5.74) is 6.37. The zero-order chi connectivity index (χ0) is 18.8. The van der Waals surface area contributed by atoms with Crippen molar-refractivity contribution < 1.29 is 49.4 Å². The molecule has 1 fully saturated rings. The molecule has 3 heterocycles. The molecular weight excluding hydrogens is 399 g/mol. The average molecular weight is 416 g/mol. The number of amides is 1. The molecule has 0 unspecified atom stereocenters. The summed E-state index contributed by atoms with van der Waals surface area (Å²) in [5, 5.41) is 23.4. The summed E-state index contributed by atoms with van der Waals surface area (Å²) in [6, 6.07) is -0.878. The Morgan fingerprint density at radius 3 is 2.93 bits per heavy atom. The first-order valence-electron chi connectivity index (χ1n) is 7.98. The monoisotopic (exact) mass is 416 g/mol. The number of aromatic nitrogens is 1. The number of aliphatic imine (C=N–C) groups is 1. The number of hydrogen-bond donors (Lipinski definition) is 2. The third-order valence-electron chi connectivity index (χ3n) is 3.96. The number of carbonyl (C=O) groups is 2. The molecule has 0 aliphatic carbocycles. The van der Waals surface area contributed by atoms with Gasteiger partial charge in [0.2, 0.25) is 0 Å². The number of nitrogens with two attached hydrogens (primary N) is 1. The molecule has 0 spiro atoms. The van der Waals surface area contributed by atoms with Crippen molar-refractivity contribution in [2.45, 2.75) is 31.2 Å². The van der Waals surface area contributed by atoms with Gasteiger partial charge >= 0.3 is 35.5 Å². The number of nitrogen functional groups attached to an aromatic ring is 1. The number of anilines is 1. The molecule has 0 aromatic carbocycles. The average Bonchev–Trinajstić information content (AvgIpc) is 3.05. The molecule has 1 aromatic heterocycles. The molecule has 27 heavy (non-hydrogen) atoms. The van der Waals surface area contributed by atoms with Gasteiger partial charge in [0, 0.05) is 16.7 Å². The molecule has 11 heteroatoms. The molecule has 2 aliphatic heterocycles. The molecule has 2 aliphatic rings. The Morgan fingerprint density at radius 1 is 1.59 bits per heavy atom. The molecule has 1 amide bonds. The number of β-lactam (4-membered cyclic amide) rings is 1. The van der Waals surface area contributed by atoms with Crippen molar-refractivity contribution in [3.05, 3.63) is 28.9 Å². The van der Waals surface area contributed by atoms with Crippen LogP contribution in [-0.4, -0.2) is 49.9 Å². The second kappa shape index (κ2) is 9.24. The number of carboxylic acid groups (broad SMARTS) is 1. The Hall–Kier alpha value is -1.33. The zero-order valence-electron chi connectivity index (χ0n) is 14.9. The molecule has 138 valence electrons. The van der Waals surface area contributed by atoms with Gasteiger partial charge in [-0.3, -0.25) is 14.7 Å². The van der Waals surface area contributed by atoms with Crippen molar-refractivity contribution in [3.8, 4) is 0 Å². The van der Waals surface area contributed by atoms with Crippen molar-refractivity contribution in [3.63, 3.8) is 0 Å². The van der Waals surface area contributed by atoms with E-state index in [0.29, 0.717) is 28.6 Å². The summed E-state index contributed by atoms with van der Waals surface area (Å²) in [6.45, 7) is 1.98. The van der Waals surface area contributed by atoms with Crippen LogP contribution in [0.3, 0.4) is 0 Å². The predicted molar refractivity (Wildman–Crippen MR) is 99.4 cm³/mol. The van der Waals surface area contributed by atoms with E-state index in [-0.39, 0.29) is 35.3 Å². The summed E-state index contributed by atoms with van der Waals surface area (Å²) in [4.78, 5) is 33.0. The van der Waals surface area contributed by atoms with Crippen molar-refractivity contribution in [2.75, 3.05) is 11.5 Å². The number of carbonyl (C=O) groups excluding carboxylic acids is 1. The molecule has 3 N–H and O–H groups in total. The molecule has 1 saturated heterocycles. The normalized spacial score (nSPS) is 22.5. The van der Waals surface area contributed by atoms with Crippen LogP contribution >= 0.6 is 23.1 Å². The van der Waals surface area contributed by atoms with Crippen molar-refractivity contribution in [1.29, 1.82) is 0 Å².